The van der Waals surface area contributed by atoms with Gasteiger partial charge < -0.3 is 14.8 Å². The van der Waals surface area contributed by atoms with E-state index in [1.54, 1.807) is 13.8 Å². The van der Waals surface area contributed by atoms with Gasteiger partial charge in [0.25, 0.3) is 0 Å². The van der Waals surface area contributed by atoms with Gasteiger partial charge in [0, 0.05) is 4.75 Å². The maximum atomic E-state index is 11.7. The highest BCUT2D eigenvalue weighted by atomic mass is 32.1. The van der Waals surface area contributed by atoms with Crippen molar-refractivity contribution in [2.24, 2.45) is 0 Å². The van der Waals surface area contributed by atoms with Crippen LogP contribution in [-0.2, 0) is 20.9 Å². The molecular formula is C14H19NO4S. The monoisotopic (exact) mass is 297 g/mol. The highest BCUT2D eigenvalue weighted by Gasteiger charge is 2.35. The number of hydrogen-bond acceptors (Lipinski definition) is 5. The summed E-state index contributed by atoms with van der Waals surface area (Å²) in [5.74, 6) is -0.568. The Morgan fingerprint density at radius 3 is 2.40 bits per heavy atom. The number of esters is 1. The van der Waals surface area contributed by atoms with Crippen molar-refractivity contribution in [2.45, 2.75) is 31.2 Å². The van der Waals surface area contributed by atoms with Crippen LogP contribution in [0.15, 0.2) is 30.3 Å². The smallest absolute Gasteiger partial charge is 0.408 e. The average molecular weight is 297 g/mol. The van der Waals surface area contributed by atoms with Crippen LogP contribution in [0.5, 0.6) is 0 Å². The standard InChI is InChI=1S/C14H19NO4S/c1-14(2,20)11(12(16)18-3)15-13(17)19-9-10-7-5-4-6-8-10/h4-8,11,20H,9H2,1-3H3,(H,15,17)/t11-/m0/s1. The first kappa shape index (κ1) is 16.4. The van der Waals surface area contributed by atoms with E-state index < -0.39 is 22.9 Å². The van der Waals surface area contributed by atoms with Crippen LogP contribution in [-0.4, -0.2) is 30.0 Å². The Morgan fingerprint density at radius 1 is 1.30 bits per heavy atom. The van der Waals surface area contributed by atoms with E-state index in [1.807, 2.05) is 30.3 Å². The molecule has 6 heteroatoms. The molecule has 0 heterocycles. The highest BCUT2D eigenvalue weighted by molar-refractivity contribution is 7.81. The molecule has 0 saturated carbocycles. The van der Waals surface area contributed by atoms with Gasteiger partial charge in [-0.25, -0.2) is 9.59 Å². The van der Waals surface area contributed by atoms with Crippen LogP contribution in [0.1, 0.15) is 19.4 Å². The lowest BCUT2D eigenvalue weighted by atomic mass is 10.0. The fourth-order valence-corrected chi connectivity index (χ4v) is 1.69. The summed E-state index contributed by atoms with van der Waals surface area (Å²) in [5, 5.41) is 2.47. The Morgan fingerprint density at radius 2 is 1.90 bits per heavy atom. The normalized spacial score (nSPS) is 12.4. The lowest BCUT2D eigenvalue weighted by Crippen LogP contribution is -2.52. The number of alkyl carbamates (subject to hydrolysis) is 1. The molecule has 1 atom stereocenters. The molecule has 110 valence electrons. The third-order valence-electron chi connectivity index (χ3n) is 2.62. The second-order valence-corrected chi connectivity index (χ2v) is 5.97. The summed E-state index contributed by atoms with van der Waals surface area (Å²) in [6, 6.07) is 8.37. The Kier molecular flexibility index (Phi) is 5.88. The molecule has 1 aromatic rings. The number of hydrogen-bond donors (Lipinski definition) is 2. The molecule has 0 aliphatic rings. The molecule has 20 heavy (non-hydrogen) atoms. The van der Waals surface area contributed by atoms with Crippen molar-refractivity contribution in [2.75, 3.05) is 7.11 Å². The summed E-state index contributed by atoms with van der Waals surface area (Å²) < 4.78 is 8.94. The number of ether oxygens (including phenoxy) is 2. The van der Waals surface area contributed by atoms with Crippen molar-refractivity contribution >= 4 is 24.7 Å². The molecule has 1 aromatic carbocycles. The van der Waals surface area contributed by atoms with E-state index in [9.17, 15) is 9.59 Å². The minimum atomic E-state index is -0.890. The number of benzene rings is 1. The number of carbonyl (C=O) groups excluding carboxylic acids is 2. The number of rotatable bonds is 5. The maximum Gasteiger partial charge on any atom is 0.408 e. The molecule has 0 radical (unpaired) electrons. The molecule has 0 spiro atoms. The Hall–Kier alpha value is -1.69. The van der Waals surface area contributed by atoms with Crippen LogP contribution in [0.3, 0.4) is 0 Å². The summed E-state index contributed by atoms with van der Waals surface area (Å²) in [4.78, 5) is 23.3. The van der Waals surface area contributed by atoms with Gasteiger partial charge in [0.2, 0.25) is 0 Å². The molecule has 0 aliphatic carbocycles. The zero-order valence-electron chi connectivity index (χ0n) is 11.8. The van der Waals surface area contributed by atoms with Gasteiger partial charge in [0.15, 0.2) is 0 Å². The number of amides is 1. The van der Waals surface area contributed by atoms with E-state index >= 15 is 0 Å². The van der Waals surface area contributed by atoms with Crippen molar-refractivity contribution in [1.29, 1.82) is 0 Å². The first-order valence-electron chi connectivity index (χ1n) is 6.12. The molecule has 0 bridgehead atoms. The molecule has 0 saturated heterocycles. The van der Waals surface area contributed by atoms with Crippen molar-refractivity contribution in [3.8, 4) is 0 Å². The Balaban J connectivity index is 2.57. The number of thiol groups is 1. The molecule has 0 aromatic heterocycles. The summed E-state index contributed by atoms with van der Waals surface area (Å²) in [6.07, 6.45) is -0.689. The number of carbonyl (C=O) groups is 2. The number of nitrogens with one attached hydrogen (secondary N) is 1. The second-order valence-electron chi connectivity index (χ2n) is 4.82. The van der Waals surface area contributed by atoms with Gasteiger partial charge in [-0.05, 0) is 19.4 Å². The molecule has 0 fully saturated rings. The summed E-state index contributed by atoms with van der Waals surface area (Å²) >= 11 is 4.28. The van der Waals surface area contributed by atoms with Crippen LogP contribution in [0.4, 0.5) is 4.79 Å². The predicted molar refractivity (Wildman–Crippen MR) is 78.6 cm³/mol. The first-order chi connectivity index (χ1) is 9.34. The van der Waals surface area contributed by atoms with Gasteiger partial charge in [-0.2, -0.15) is 12.6 Å². The summed E-state index contributed by atoms with van der Waals surface area (Å²) in [6.45, 7) is 3.54. The van der Waals surface area contributed by atoms with Crippen molar-refractivity contribution in [3.05, 3.63) is 35.9 Å². The number of methoxy groups -OCH3 is 1. The lowest BCUT2D eigenvalue weighted by molar-refractivity contribution is -0.143. The molecule has 0 aliphatic heterocycles. The highest BCUT2D eigenvalue weighted by Crippen LogP contribution is 2.18. The lowest BCUT2D eigenvalue weighted by Gasteiger charge is -2.27. The van der Waals surface area contributed by atoms with E-state index in [0.29, 0.717) is 0 Å². The third kappa shape index (κ3) is 5.13. The topological polar surface area (TPSA) is 64.6 Å². The quantitative estimate of drug-likeness (QED) is 0.646. The van der Waals surface area contributed by atoms with Crippen LogP contribution < -0.4 is 5.32 Å². The van der Waals surface area contributed by atoms with E-state index in [1.165, 1.54) is 7.11 Å². The van der Waals surface area contributed by atoms with Crippen LogP contribution in [0.2, 0.25) is 0 Å². The maximum absolute atomic E-state index is 11.7. The molecule has 1 amide bonds. The fraction of sp³-hybridized carbons (Fsp3) is 0.429. The van der Waals surface area contributed by atoms with Gasteiger partial charge in [0.1, 0.15) is 12.6 Å². The van der Waals surface area contributed by atoms with Gasteiger partial charge in [-0.3, -0.25) is 0 Å². The van der Waals surface area contributed by atoms with Crippen molar-refractivity contribution < 1.29 is 19.1 Å². The SMILES string of the molecule is COC(=O)[C@H](NC(=O)OCc1ccccc1)C(C)(C)S. The third-order valence-corrected chi connectivity index (χ3v) is 2.88. The van der Waals surface area contributed by atoms with E-state index in [4.69, 9.17) is 4.74 Å². The molecular weight excluding hydrogens is 278 g/mol. The van der Waals surface area contributed by atoms with Crippen LogP contribution in [0, 0.1) is 0 Å². The fourth-order valence-electron chi connectivity index (χ4n) is 1.52. The molecule has 5 nitrogen and oxygen atoms in total. The van der Waals surface area contributed by atoms with Crippen LogP contribution >= 0.6 is 12.6 Å². The Bertz CT molecular complexity index is 456. The second kappa shape index (κ2) is 7.19. The summed E-state index contributed by atoms with van der Waals surface area (Å²) in [5.41, 5.74) is 0.863. The van der Waals surface area contributed by atoms with Gasteiger partial charge in [-0.15, -0.1) is 0 Å². The van der Waals surface area contributed by atoms with Crippen molar-refractivity contribution in [1.82, 2.24) is 5.32 Å². The van der Waals surface area contributed by atoms with Gasteiger partial charge >= 0.3 is 12.1 Å². The molecule has 1 rings (SSSR count). The predicted octanol–water partition coefficient (Wildman–Crippen LogP) is 2.16. The molecule has 1 N–H and O–H groups in total. The first-order valence-corrected chi connectivity index (χ1v) is 6.56. The van der Waals surface area contributed by atoms with Crippen molar-refractivity contribution in [3.63, 3.8) is 0 Å². The van der Waals surface area contributed by atoms with E-state index in [2.05, 4.69) is 22.7 Å². The molecule has 0 unspecified atom stereocenters. The van der Waals surface area contributed by atoms with Gasteiger partial charge in [-0.1, -0.05) is 30.3 Å². The minimum absolute atomic E-state index is 0.133. The van der Waals surface area contributed by atoms with Gasteiger partial charge in [0.05, 0.1) is 7.11 Å². The van der Waals surface area contributed by atoms with Crippen LogP contribution in [0.25, 0.3) is 0 Å². The Labute approximate surface area is 124 Å². The minimum Gasteiger partial charge on any atom is -0.467 e. The zero-order valence-corrected chi connectivity index (χ0v) is 12.6. The zero-order chi connectivity index (χ0) is 15.2. The van der Waals surface area contributed by atoms with E-state index in [0.717, 1.165) is 5.56 Å². The van der Waals surface area contributed by atoms with E-state index in [-0.39, 0.29) is 6.61 Å². The average Bonchev–Trinajstić information content (AvgIpc) is 2.41. The largest absolute Gasteiger partial charge is 0.467 e. The summed E-state index contributed by atoms with van der Waals surface area (Å²) in [7, 11) is 1.26.